The van der Waals surface area contributed by atoms with Crippen LogP contribution in [0, 0.1) is 0 Å². The standard InChI is InChI=1S/C25H31N3O2/c1-2-12-26-14-16-27(17-15-26)24-11-10-23-19-28(13-6-9-22(23)18-24)25(29)30-20-21-7-4-3-5-8-21/h2-5,7-8,10-11,18H,1,6,9,12-17,19-20H2. The third-order valence-electron chi connectivity index (χ3n) is 6.01. The Balaban J connectivity index is 1.37. The number of fused-ring (bicyclic) bond motifs is 1. The van der Waals surface area contributed by atoms with Crippen LogP contribution in [0.3, 0.4) is 0 Å². The van der Waals surface area contributed by atoms with Gasteiger partial charge in [0.2, 0.25) is 0 Å². The molecule has 0 radical (unpaired) electrons. The molecule has 1 amide bonds. The van der Waals surface area contributed by atoms with Gasteiger partial charge in [-0.2, -0.15) is 0 Å². The van der Waals surface area contributed by atoms with E-state index >= 15 is 0 Å². The van der Waals surface area contributed by atoms with E-state index in [1.54, 1.807) is 0 Å². The lowest BCUT2D eigenvalue weighted by Crippen LogP contribution is -2.46. The Labute approximate surface area is 179 Å². The normalized spacial score (nSPS) is 17.2. The minimum Gasteiger partial charge on any atom is -0.445 e. The van der Waals surface area contributed by atoms with Gasteiger partial charge in [-0.15, -0.1) is 6.58 Å². The molecule has 0 bridgehead atoms. The third-order valence-corrected chi connectivity index (χ3v) is 6.01. The molecule has 0 atom stereocenters. The maximum Gasteiger partial charge on any atom is 0.410 e. The monoisotopic (exact) mass is 405 g/mol. The Morgan fingerprint density at radius 2 is 1.80 bits per heavy atom. The average molecular weight is 406 g/mol. The summed E-state index contributed by atoms with van der Waals surface area (Å²) in [6.07, 6.45) is 3.72. The lowest BCUT2D eigenvalue weighted by molar-refractivity contribution is 0.0942. The molecule has 0 aliphatic carbocycles. The fraction of sp³-hybridized carbons (Fsp3) is 0.400. The molecule has 5 heteroatoms. The number of ether oxygens (including phenoxy) is 1. The Morgan fingerprint density at radius 3 is 2.57 bits per heavy atom. The second-order valence-electron chi connectivity index (χ2n) is 8.09. The van der Waals surface area contributed by atoms with Gasteiger partial charge in [0.15, 0.2) is 0 Å². The molecule has 1 fully saturated rings. The van der Waals surface area contributed by atoms with E-state index in [1.807, 2.05) is 41.3 Å². The first-order chi connectivity index (χ1) is 14.7. The summed E-state index contributed by atoms with van der Waals surface area (Å²) < 4.78 is 5.55. The van der Waals surface area contributed by atoms with Crippen molar-refractivity contribution >= 4 is 11.8 Å². The molecule has 0 saturated carbocycles. The van der Waals surface area contributed by atoms with E-state index in [9.17, 15) is 4.79 Å². The molecule has 2 aliphatic rings. The molecule has 2 aliphatic heterocycles. The van der Waals surface area contributed by atoms with Crippen molar-refractivity contribution in [3.63, 3.8) is 0 Å². The maximum absolute atomic E-state index is 12.6. The van der Waals surface area contributed by atoms with Gasteiger partial charge in [0.05, 0.1) is 0 Å². The van der Waals surface area contributed by atoms with Crippen LogP contribution in [0.4, 0.5) is 10.5 Å². The Bertz CT molecular complexity index is 860. The van der Waals surface area contributed by atoms with Gasteiger partial charge < -0.3 is 14.5 Å². The number of hydrogen-bond acceptors (Lipinski definition) is 4. The predicted molar refractivity (Wildman–Crippen MR) is 121 cm³/mol. The number of aryl methyl sites for hydroxylation is 1. The van der Waals surface area contributed by atoms with E-state index in [1.165, 1.54) is 16.8 Å². The van der Waals surface area contributed by atoms with E-state index < -0.39 is 0 Å². The summed E-state index contributed by atoms with van der Waals surface area (Å²) in [6.45, 7) is 10.7. The zero-order chi connectivity index (χ0) is 20.8. The van der Waals surface area contributed by atoms with Gasteiger partial charge in [-0.1, -0.05) is 42.5 Å². The molecule has 2 heterocycles. The first kappa shape index (κ1) is 20.5. The Kier molecular flexibility index (Phi) is 6.70. The van der Waals surface area contributed by atoms with Crippen LogP contribution in [0.15, 0.2) is 61.2 Å². The summed E-state index contributed by atoms with van der Waals surface area (Å²) in [5, 5.41) is 0. The number of benzene rings is 2. The maximum atomic E-state index is 12.6. The fourth-order valence-electron chi connectivity index (χ4n) is 4.28. The van der Waals surface area contributed by atoms with Crippen LogP contribution in [-0.2, 0) is 24.3 Å². The van der Waals surface area contributed by atoms with E-state index in [4.69, 9.17) is 4.74 Å². The molecule has 0 spiro atoms. The molecule has 30 heavy (non-hydrogen) atoms. The molecular formula is C25H31N3O2. The Morgan fingerprint density at radius 1 is 1.00 bits per heavy atom. The SMILES string of the molecule is C=CCN1CCN(c2ccc3c(c2)CCCN(C(=O)OCc2ccccc2)C3)CC1. The van der Waals surface area contributed by atoms with Gasteiger partial charge in [-0.3, -0.25) is 4.90 Å². The highest BCUT2D eigenvalue weighted by molar-refractivity contribution is 5.68. The van der Waals surface area contributed by atoms with Gasteiger partial charge in [0, 0.05) is 51.5 Å². The van der Waals surface area contributed by atoms with Crippen molar-refractivity contribution in [2.45, 2.75) is 26.0 Å². The van der Waals surface area contributed by atoms with Gasteiger partial charge in [-0.25, -0.2) is 4.79 Å². The van der Waals surface area contributed by atoms with Crippen LogP contribution < -0.4 is 4.90 Å². The highest BCUT2D eigenvalue weighted by Gasteiger charge is 2.22. The first-order valence-electron chi connectivity index (χ1n) is 10.9. The third kappa shape index (κ3) is 5.03. The number of piperazine rings is 1. The molecule has 0 aromatic heterocycles. The van der Waals surface area contributed by atoms with Gasteiger partial charge >= 0.3 is 6.09 Å². The summed E-state index contributed by atoms with van der Waals surface area (Å²) in [5.74, 6) is 0. The van der Waals surface area contributed by atoms with Crippen LogP contribution in [-0.4, -0.2) is 55.2 Å². The number of carbonyl (C=O) groups excluding carboxylic acids is 1. The topological polar surface area (TPSA) is 36.0 Å². The van der Waals surface area contributed by atoms with Crippen molar-refractivity contribution in [2.24, 2.45) is 0 Å². The summed E-state index contributed by atoms with van der Waals surface area (Å²) >= 11 is 0. The number of carbonyl (C=O) groups is 1. The second kappa shape index (κ2) is 9.81. The predicted octanol–water partition coefficient (Wildman–Crippen LogP) is 4.08. The molecule has 4 rings (SSSR count). The molecule has 5 nitrogen and oxygen atoms in total. The zero-order valence-corrected chi connectivity index (χ0v) is 17.6. The average Bonchev–Trinajstić information content (AvgIpc) is 3.01. The van der Waals surface area contributed by atoms with Crippen molar-refractivity contribution in [3.8, 4) is 0 Å². The summed E-state index contributed by atoms with van der Waals surface area (Å²) in [4.78, 5) is 19.4. The van der Waals surface area contributed by atoms with E-state index in [2.05, 4.69) is 34.6 Å². The Hall–Kier alpha value is -2.79. The van der Waals surface area contributed by atoms with E-state index in [-0.39, 0.29) is 6.09 Å². The van der Waals surface area contributed by atoms with Gasteiger partial charge in [0.25, 0.3) is 0 Å². The van der Waals surface area contributed by atoms with Gasteiger partial charge in [0.1, 0.15) is 6.61 Å². The molecule has 0 unspecified atom stereocenters. The largest absolute Gasteiger partial charge is 0.445 e. The summed E-state index contributed by atoms with van der Waals surface area (Å²) in [5.41, 5.74) is 4.91. The molecule has 158 valence electrons. The van der Waals surface area contributed by atoms with E-state index in [0.29, 0.717) is 13.2 Å². The van der Waals surface area contributed by atoms with Crippen molar-refractivity contribution in [2.75, 3.05) is 44.2 Å². The van der Waals surface area contributed by atoms with Gasteiger partial charge in [-0.05, 0) is 41.7 Å². The lowest BCUT2D eigenvalue weighted by Gasteiger charge is -2.36. The number of hydrogen-bond donors (Lipinski definition) is 0. The molecule has 2 aromatic carbocycles. The van der Waals surface area contributed by atoms with Crippen LogP contribution >= 0.6 is 0 Å². The highest BCUT2D eigenvalue weighted by atomic mass is 16.6. The number of nitrogens with zero attached hydrogens (tertiary/aromatic N) is 3. The lowest BCUT2D eigenvalue weighted by atomic mass is 10.0. The molecule has 1 saturated heterocycles. The fourth-order valence-corrected chi connectivity index (χ4v) is 4.28. The first-order valence-corrected chi connectivity index (χ1v) is 10.9. The minimum atomic E-state index is -0.228. The minimum absolute atomic E-state index is 0.228. The van der Waals surface area contributed by atoms with E-state index in [0.717, 1.165) is 57.7 Å². The van der Waals surface area contributed by atoms with Crippen LogP contribution in [0.25, 0.3) is 0 Å². The number of anilines is 1. The summed E-state index contributed by atoms with van der Waals surface area (Å²) in [6, 6.07) is 16.6. The molecule has 2 aromatic rings. The van der Waals surface area contributed by atoms with Crippen LogP contribution in [0.2, 0.25) is 0 Å². The second-order valence-corrected chi connectivity index (χ2v) is 8.09. The number of rotatable bonds is 5. The van der Waals surface area contributed by atoms with Crippen molar-refractivity contribution < 1.29 is 9.53 Å². The van der Waals surface area contributed by atoms with Crippen LogP contribution in [0.1, 0.15) is 23.1 Å². The zero-order valence-electron chi connectivity index (χ0n) is 17.6. The molecule has 0 N–H and O–H groups in total. The van der Waals surface area contributed by atoms with Crippen molar-refractivity contribution in [1.29, 1.82) is 0 Å². The molecular weight excluding hydrogens is 374 g/mol. The van der Waals surface area contributed by atoms with Crippen molar-refractivity contribution in [3.05, 3.63) is 77.9 Å². The van der Waals surface area contributed by atoms with Crippen molar-refractivity contribution in [1.82, 2.24) is 9.80 Å². The summed E-state index contributed by atoms with van der Waals surface area (Å²) in [7, 11) is 0. The quantitative estimate of drug-likeness (QED) is 0.703. The number of amides is 1. The van der Waals surface area contributed by atoms with Crippen LogP contribution in [0.5, 0.6) is 0 Å². The highest BCUT2D eigenvalue weighted by Crippen LogP contribution is 2.26. The smallest absolute Gasteiger partial charge is 0.410 e.